The fourth-order valence-electron chi connectivity index (χ4n) is 1.11. The largest absolute Gasteiger partial charge is 0.493 e. The first-order valence-electron chi connectivity index (χ1n) is 3.81. The number of hydroxylamine groups is 1. The molecule has 0 aromatic carbocycles. The van der Waals surface area contributed by atoms with Crippen LogP contribution in [0.15, 0.2) is 11.5 Å². The first-order valence-corrected chi connectivity index (χ1v) is 3.81. The van der Waals surface area contributed by atoms with Crippen molar-refractivity contribution >= 4 is 5.97 Å². The number of aliphatic hydroxyl groups excluding tert-OH is 1. The van der Waals surface area contributed by atoms with Crippen LogP contribution in [0.5, 0.6) is 0 Å². The van der Waals surface area contributed by atoms with Crippen molar-refractivity contribution in [3.05, 3.63) is 11.5 Å². The molecule has 0 saturated heterocycles. The summed E-state index contributed by atoms with van der Waals surface area (Å²) in [5.74, 6) is -1.13. The average molecular weight is 188 g/mol. The molecular weight excluding hydrogens is 176 g/mol. The van der Waals surface area contributed by atoms with Crippen LogP contribution in [-0.2, 0) is 9.63 Å². The van der Waals surface area contributed by atoms with Crippen molar-refractivity contribution in [1.82, 2.24) is 5.48 Å². The molecule has 0 fully saturated rings. The molecule has 1 atom stereocenters. The fourth-order valence-corrected chi connectivity index (χ4v) is 1.11. The van der Waals surface area contributed by atoms with Crippen molar-refractivity contribution in [2.75, 3.05) is 0 Å². The number of hydrogen-bond acceptors (Lipinski definition) is 5. The van der Waals surface area contributed by atoms with Gasteiger partial charge < -0.3 is 10.2 Å². The van der Waals surface area contributed by atoms with Crippen LogP contribution in [0.4, 0.5) is 0 Å². The smallest absolute Gasteiger partial charge is 0.303 e. The lowest BCUT2D eigenvalue weighted by Crippen LogP contribution is -2.39. The van der Waals surface area contributed by atoms with Crippen molar-refractivity contribution in [2.45, 2.75) is 25.5 Å². The number of nitrogens with one attached hydrogen (secondary N) is 1. The van der Waals surface area contributed by atoms with Crippen LogP contribution in [-0.4, -0.2) is 21.9 Å². The topological polar surface area (TPSA) is 105 Å². The SMILES string of the molecule is CC1(N)ONC(O)=C1CCC(=O)O. The Labute approximate surface area is 74.9 Å². The molecule has 6 nitrogen and oxygen atoms in total. The summed E-state index contributed by atoms with van der Waals surface area (Å²) >= 11 is 0. The van der Waals surface area contributed by atoms with Crippen molar-refractivity contribution in [2.24, 2.45) is 5.73 Å². The maximum absolute atomic E-state index is 10.3. The molecule has 0 radical (unpaired) electrons. The molecule has 0 aromatic heterocycles. The Morgan fingerprint density at radius 2 is 2.38 bits per heavy atom. The van der Waals surface area contributed by atoms with Gasteiger partial charge in [0.25, 0.3) is 0 Å². The summed E-state index contributed by atoms with van der Waals surface area (Å²) in [7, 11) is 0. The van der Waals surface area contributed by atoms with Crippen LogP contribution in [0, 0.1) is 0 Å². The highest BCUT2D eigenvalue weighted by atomic mass is 16.7. The van der Waals surface area contributed by atoms with Gasteiger partial charge in [0.05, 0.1) is 0 Å². The third-order valence-corrected chi connectivity index (χ3v) is 1.83. The predicted octanol–water partition coefficient (Wildman–Crippen LogP) is -0.170. The zero-order valence-electron chi connectivity index (χ0n) is 7.20. The van der Waals surface area contributed by atoms with Gasteiger partial charge in [-0.3, -0.25) is 10.5 Å². The van der Waals surface area contributed by atoms with E-state index in [-0.39, 0.29) is 18.7 Å². The molecule has 74 valence electrons. The summed E-state index contributed by atoms with van der Waals surface area (Å²) < 4.78 is 0. The van der Waals surface area contributed by atoms with Gasteiger partial charge in [-0.05, 0) is 13.3 Å². The number of rotatable bonds is 3. The van der Waals surface area contributed by atoms with Gasteiger partial charge in [-0.1, -0.05) is 0 Å². The number of carbonyl (C=O) groups is 1. The second kappa shape index (κ2) is 3.23. The number of carboxylic acids is 1. The van der Waals surface area contributed by atoms with E-state index in [0.717, 1.165) is 0 Å². The number of aliphatic carboxylic acids is 1. The lowest BCUT2D eigenvalue weighted by Gasteiger charge is -2.18. The van der Waals surface area contributed by atoms with Crippen molar-refractivity contribution in [1.29, 1.82) is 0 Å². The molecular formula is C7H12N2O4. The normalized spacial score (nSPS) is 27.5. The Kier molecular flexibility index (Phi) is 2.44. The van der Waals surface area contributed by atoms with E-state index in [4.69, 9.17) is 15.7 Å². The predicted molar refractivity (Wildman–Crippen MR) is 43.3 cm³/mol. The summed E-state index contributed by atoms with van der Waals surface area (Å²) in [5.41, 5.74) is 7.05. The lowest BCUT2D eigenvalue weighted by atomic mass is 10.0. The molecule has 5 N–H and O–H groups in total. The average Bonchev–Trinajstić information content (AvgIpc) is 2.23. The van der Waals surface area contributed by atoms with Crippen LogP contribution in [0.2, 0.25) is 0 Å². The van der Waals surface area contributed by atoms with Gasteiger partial charge in [0, 0.05) is 12.0 Å². The first-order chi connectivity index (χ1) is 5.93. The van der Waals surface area contributed by atoms with Gasteiger partial charge in [-0.15, -0.1) is 0 Å². The van der Waals surface area contributed by atoms with E-state index in [0.29, 0.717) is 5.57 Å². The van der Waals surface area contributed by atoms with E-state index in [1.54, 1.807) is 6.92 Å². The maximum Gasteiger partial charge on any atom is 0.303 e. The molecule has 0 bridgehead atoms. The zero-order valence-corrected chi connectivity index (χ0v) is 7.20. The molecule has 13 heavy (non-hydrogen) atoms. The highest BCUT2D eigenvalue weighted by Crippen LogP contribution is 2.26. The van der Waals surface area contributed by atoms with Gasteiger partial charge in [0.15, 0.2) is 5.72 Å². The maximum atomic E-state index is 10.3. The second-order valence-electron chi connectivity index (χ2n) is 3.03. The van der Waals surface area contributed by atoms with E-state index in [1.807, 2.05) is 0 Å². The number of nitrogens with two attached hydrogens (primary N) is 1. The highest BCUT2D eigenvalue weighted by Gasteiger charge is 2.35. The molecule has 1 heterocycles. The van der Waals surface area contributed by atoms with Gasteiger partial charge in [0.1, 0.15) is 0 Å². The number of hydrogen-bond donors (Lipinski definition) is 4. The number of aliphatic hydroxyl groups is 1. The summed E-state index contributed by atoms with van der Waals surface area (Å²) in [6.07, 6.45) is 0.0817. The summed E-state index contributed by atoms with van der Waals surface area (Å²) in [6, 6.07) is 0. The third-order valence-electron chi connectivity index (χ3n) is 1.83. The molecule has 0 spiro atoms. The Morgan fingerprint density at radius 1 is 1.77 bits per heavy atom. The summed E-state index contributed by atoms with van der Waals surface area (Å²) in [5, 5.41) is 17.6. The Bertz CT molecular complexity index is 259. The highest BCUT2D eigenvalue weighted by molar-refractivity contribution is 5.67. The van der Waals surface area contributed by atoms with Crippen LogP contribution < -0.4 is 11.2 Å². The summed E-state index contributed by atoms with van der Waals surface area (Å²) in [4.78, 5) is 15.1. The lowest BCUT2D eigenvalue weighted by molar-refractivity contribution is -0.137. The molecule has 0 amide bonds. The Hall–Kier alpha value is -1.27. The Morgan fingerprint density at radius 3 is 2.77 bits per heavy atom. The minimum absolute atomic E-state index is 0.0861. The van der Waals surface area contributed by atoms with Gasteiger partial charge in [0.2, 0.25) is 5.88 Å². The van der Waals surface area contributed by atoms with Crippen LogP contribution in [0.1, 0.15) is 19.8 Å². The molecule has 1 rings (SSSR count). The van der Waals surface area contributed by atoms with E-state index in [1.165, 1.54) is 0 Å². The molecule has 1 aliphatic rings. The minimum atomic E-state index is -1.13. The van der Waals surface area contributed by atoms with Crippen molar-refractivity contribution in [3.8, 4) is 0 Å². The Balaban J connectivity index is 2.66. The second-order valence-corrected chi connectivity index (χ2v) is 3.03. The van der Waals surface area contributed by atoms with Crippen LogP contribution in [0.25, 0.3) is 0 Å². The standard InChI is InChI=1S/C7H12N2O4/c1-7(8)4(2-3-5(10)11)6(12)9-13-7/h9,12H,2-3,8H2,1H3,(H,10,11). The van der Waals surface area contributed by atoms with Gasteiger partial charge >= 0.3 is 5.97 Å². The number of carboxylic acid groups (broad SMARTS) is 1. The fraction of sp³-hybridized carbons (Fsp3) is 0.571. The van der Waals surface area contributed by atoms with Crippen molar-refractivity contribution in [3.63, 3.8) is 0 Å². The molecule has 6 heteroatoms. The van der Waals surface area contributed by atoms with Crippen molar-refractivity contribution < 1.29 is 19.8 Å². The molecule has 0 saturated carbocycles. The first kappa shape index (κ1) is 9.82. The molecule has 1 aliphatic heterocycles. The van der Waals surface area contributed by atoms with E-state index in [2.05, 4.69) is 5.48 Å². The zero-order chi connectivity index (χ0) is 10.1. The minimum Gasteiger partial charge on any atom is -0.493 e. The summed E-state index contributed by atoms with van der Waals surface area (Å²) in [6.45, 7) is 1.54. The van der Waals surface area contributed by atoms with Crippen LogP contribution in [0.3, 0.4) is 0 Å². The van der Waals surface area contributed by atoms with E-state index >= 15 is 0 Å². The van der Waals surface area contributed by atoms with Crippen LogP contribution >= 0.6 is 0 Å². The molecule has 0 aromatic rings. The molecule has 0 aliphatic carbocycles. The quantitative estimate of drug-likeness (QED) is 0.490. The van der Waals surface area contributed by atoms with E-state index < -0.39 is 11.7 Å². The monoisotopic (exact) mass is 188 g/mol. The third kappa shape index (κ3) is 2.10. The van der Waals surface area contributed by atoms with E-state index in [9.17, 15) is 9.90 Å². The van der Waals surface area contributed by atoms with Gasteiger partial charge in [-0.2, -0.15) is 0 Å². The van der Waals surface area contributed by atoms with Gasteiger partial charge in [-0.25, -0.2) is 10.3 Å². The molecule has 1 unspecified atom stereocenters.